The molecule has 2 aliphatic carbocycles. The molecular formula is C19H22F3N5O2S. The first-order valence-electron chi connectivity index (χ1n) is 9.79. The topological polar surface area (TPSA) is 86.7 Å². The predicted octanol–water partition coefficient (Wildman–Crippen LogP) is 2.02. The minimum absolute atomic E-state index is 0.0615. The summed E-state index contributed by atoms with van der Waals surface area (Å²) in [5.41, 5.74) is -0.902. The molecule has 2 fully saturated rings. The lowest BCUT2D eigenvalue weighted by Gasteiger charge is -2.17. The number of hydrogen-bond donors (Lipinski definition) is 2. The number of nitrogens with zero attached hydrogens (tertiary/aromatic N) is 3. The average molecular weight is 441 g/mol. The highest BCUT2D eigenvalue weighted by atomic mass is 32.1. The molecule has 11 heteroatoms. The van der Waals surface area contributed by atoms with Gasteiger partial charge in [-0.15, -0.1) is 11.3 Å². The van der Waals surface area contributed by atoms with Gasteiger partial charge < -0.3 is 10.6 Å². The molecule has 0 spiro atoms. The molecule has 1 aliphatic heterocycles. The fraction of sp³-hybridized carbons (Fsp3) is 0.579. The van der Waals surface area contributed by atoms with Gasteiger partial charge in [-0.25, -0.2) is 4.98 Å². The molecular weight excluding hydrogens is 419 g/mol. The van der Waals surface area contributed by atoms with Gasteiger partial charge in [-0.05, 0) is 24.7 Å². The van der Waals surface area contributed by atoms with Crippen molar-refractivity contribution in [2.75, 3.05) is 20.1 Å². The molecule has 162 valence electrons. The zero-order valence-electron chi connectivity index (χ0n) is 16.3. The van der Waals surface area contributed by atoms with Crippen molar-refractivity contribution in [3.05, 3.63) is 28.2 Å². The molecule has 2 amide bonds. The second kappa shape index (κ2) is 8.01. The molecule has 0 radical (unpaired) electrons. The summed E-state index contributed by atoms with van der Waals surface area (Å²) >= 11 is 0.925. The summed E-state index contributed by atoms with van der Waals surface area (Å²) in [6.07, 6.45) is 1.15. The first-order chi connectivity index (χ1) is 14.3. The van der Waals surface area contributed by atoms with Crippen molar-refractivity contribution in [1.82, 2.24) is 20.5 Å². The van der Waals surface area contributed by atoms with Crippen molar-refractivity contribution in [3.8, 4) is 0 Å². The van der Waals surface area contributed by atoms with Crippen LogP contribution in [0.5, 0.6) is 0 Å². The Hall–Kier alpha value is -2.43. The number of imide groups is 1. The van der Waals surface area contributed by atoms with Crippen LogP contribution in [0.4, 0.5) is 13.2 Å². The van der Waals surface area contributed by atoms with E-state index in [1.807, 2.05) is 0 Å². The number of carbonyl (C=O) groups is 2. The van der Waals surface area contributed by atoms with Gasteiger partial charge in [0.25, 0.3) is 0 Å². The number of halogens is 3. The van der Waals surface area contributed by atoms with Crippen LogP contribution < -0.4 is 10.6 Å². The second-order valence-electron chi connectivity index (χ2n) is 7.66. The van der Waals surface area contributed by atoms with Crippen molar-refractivity contribution in [2.24, 2.45) is 28.7 Å². The quantitative estimate of drug-likeness (QED) is 0.232. The lowest BCUT2D eigenvalue weighted by atomic mass is 9.85. The Bertz CT molecular complexity index is 867. The highest BCUT2D eigenvalue weighted by Crippen LogP contribution is 2.52. The lowest BCUT2D eigenvalue weighted by molar-refractivity contribution is -0.141. The number of alkyl halides is 3. The van der Waals surface area contributed by atoms with Crippen LogP contribution in [0.15, 0.2) is 22.5 Å². The van der Waals surface area contributed by atoms with Crippen LogP contribution in [-0.4, -0.2) is 47.8 Å². The van der Waals surface area contributed by atoms with Gasteiger partial charge in [0.15, 0.2) is 11.7 Å². The first-order valence-corrected chi connectivity index (χ1v) is 10.7. The van der Waals surface area contributed by atoms with Gasteiger partial charge in [0, 0.05) is 25.5 Å². The van der Waals surface area contributed by atoms with Gasteiger partial charge in [-0.1, -0.05) is 12.2 Å². The number of rotatable bonds is 6. The summed E-state index contributed by atoms with van der Waals surface area (Å²) < 4.78 is 37.8. The van der Waals surface area contributed by atoms with Crippen LogP contribution >= 0.6 is 11.3 Å². The molecule has 1 saturated heterocycles. The minimum Gasteiger partial charge on any atom is -0.356 e. The number of aromatic nitrogens is 1. The number of amides is 2. The number of guanidine groups is 1. The number of thiazole rings is 1. The smallest absolute Gasteiger partial charge is 0.356 e. The Balaban J connectivity index is 1.21. The molecule has 4 unspecified atom stereocenters. The summed E-state index contributed by atoms with van der Waals surface area (Å²) in [6, 6.07) is 0. The third-order valence-corrected chi connectivity index (χ3v) is 6.73. The van der Waals surface area contributed by atoms with Crippen molar-refractivity contribution in [3.63, 3.8) is 0 Å². The number of aliphatic imine (C=N–C) groups is 1. The number of hydrogen-bond acceptors (Lipinski definition) is 5. The molecule has 4 rings (SSSR count). The van der Waals surface area contributed by atoms with Crippen molar-refractivity contribution in [2.45, 2.75) is 25.6 Å². The summed E-state index contributed by atoms with van der Waals surface area (Å²) in [5, 5.41) is 7.23. The van der Waals surface area contributed by atoms with Crippen LogP contribution in [0, 0.1) is 23.7 Å². The molecule has 4 atom stereocenters. The Morgan fingerprint density at radius 2 is 1.90 bits per heavy atom. The van der Waals surface area contributed by atoms with Crippen LogP contribution in [0.2, 0.25) is 0 Å². The Labute approximate surface area is 175 Å². The van der Waals surface area contributed by atoms with E-state index in [0.29, 0.717) is 30.5 Å². The van der Waals surface area contributed by atoms with E-state index >= 15 is 0 Å². The molecule has 0 aromatic carbocycles. The number of allylic oxidation sites excluding steroid dienone is 2. The normalized spacial score (nSPS) is 27.9. The minimum atomic E-state index is -4.45. The Morgan fingerprint density at radius 3 is 2.47 bits per heavy atom. The van der Waals surface area contributed by atoms with Crippen molar-refractivity contribution < 1.29 is 22.8 Å². The van der Waals surface area contributed by atoms with E-state index in [1.54, 1.807) is 7.05 Å². The summed E-state index contributed by atoms with van der Waals surface area (Å²) in [7, 11) is 1.55. The fourth-order valence-corrected chi connectivity index (χ4v) is 5.27. The van der Waals surface area contributed by atoms with Crippen molar-refractivity contribution in [1.29, 1.82) is 0 Å². The molecule has 2 N–H and O–H groups in total. The Kier molecular flexibility index (Phi) is 5.56. The number of fused-ring (bicyclic) bond motifs is 5. The number of nitrogens with one attached hydrogen (secondary N) is 2. The standard InChI is InChI=1S/C19H22F3N5O2S/c1-23-18(25-8-13-26-12(9-30-13)19(20,21)22)24-5-2-6-27-16(28)14-10-3-4-11(7-10)15(14)17(27)29/h3-4,9-11,14-15H,2,5-8H2,1H3,(H2,23,24,25). The maximum Gasteiger partial charge on any atom is 0.434 e. The Morgan fingerprint density at radius 1 is 1.23 bits per heavy atom. The van der Waals surface area contributed by atoms with E-state index in [9.17, 15) is 22.8 Å². The summed E-state index contributed by atoms with van der Waals surface area (Å²) in [4.78, 5) is 34.2. The zero-order chi connectivity index (χ0) is 21.5. The molecule has 2 heterocycles. The van der Waals surface area contributed by atoms with Gasteiger partial charge >= 0.3 is 6.18 Å². The maximum atomic E-state index is 12.6. The van der Waals surface area contributed by atoms with E-state index in [-0.39, 0.29) is 42.0 Å². The van der Waals surface area contributed by atoms with Crippen LogP contribution in [0.1, 0.15) is 23.5 Å². The highest BCUT2D eigenvalue weighted by molar-refractivity contribution is 7.09. The van der Waals surface area contributed by atoms with Gasteiger partial charge in [-0.3, -0.25) is 19.5 Å². The predicted molar refractivity (Wildman–Crippen MR) is 104 cm³/mol. The van der Waals surface area contributed by atoms with Gasteiger partial charge in [0.1, 0.15) is 5.01 Å². The van der Waals surface area contributed by atoms with Gasteiger partial charge in [0.2, 0.25) is 11.8 Å². The highest BCUT2D eigenvalue weighted by Gasteiger charge is 2.58. The SMILES string of the molecule is CN=C(NCCCN1C(=O)C2C3C=CC(C3)C2C1=O)NCc1nc(C(F)(F)F)cs1. The average Bonchev–Trinajstić information content (AvgIpc) is 3.47. The summed E-state index contributed by atoms with van der Waals surface area (Å²) in [5.74, 6) is 0.321. The first kappa shape index (κ1) is 20.8. The van der Waals surface area contributed by atoms with E-state index in [2.05, 4.69) is 32.8 Å². The molecule has 1 aromatic heterocycles. The number of likely N-dealkylation sites (tertiary alicyclic amines) is 1. The third kappa shape index (κ3) is 3.82. The molecule has 7 nitrogen and oxygen atoms in total. The van der Waals surface area contributed by atoms with Gasteiger partial charge in [0.05, 0.1) is 18.4 Å². The monoisotopic (exact) mass is 441 g/mol. The number of carbonyl (C=O) groups excluding carboxylic acids is 2. The van der Waals surface area contributed by atoms with E-state index < -0.39 is 11.9 Å². The zero-order valence-corrected chi connectivity index (χ0v) is 17.1. The molecule has 30 heavy (non-hydrogen) atoms. The van der Waals surface area contributed by atoms with Gasteiger partial charge in [-0.2, -0.15) is 13.2 Å². The van der Waals surface area contributed by atoms with Crippen LogP contribution in [0.3, 0.4) is 0 Å². The van der Waals surface area contributed by atoms with E-state index in [4.69, 9.17) is 0 Å². The summed E-state index contributed by atoms with van der Waals surface area (Å²) in [6.45, 7) is 0.918. The molecule has 1 saturated carbocycles. The largest absolute Gasteiger partial charge is 0.434 e. The van der Waals surface area contributed by atoms with Crippen LogP contribution in [-0.2, 0) is 22.3 Å². The lowest BCUT2D eigenvalue weighted by Crippen LogP contribution is -2.39. The molecule has 1 aromatic rings. The molecule has 2 bridgehead atoms. The molecule has 3 aliphatic rings. The van der Waals surface area contributed by atoms with Crippen LogP contribution in [0.25, 0.3) is 0 Å². The second-order valence-corrected chi connectivity index (χ2v) is 8.60. The third-order valence-electron chi connectivity index (χ3n) is 5.89. The fourth-order valence-electron chi connectivity index (χ4n) is 4.53. The van der Waals surface area contributed by atoms with Crippen molar-refractivity contribution >= 4 is 29.1 Å². The van der Waals surface area contributed by atoms with E-state index in [1.165, 1.54) is 4.90 Å². The maximum absolute atomic E-state index is 12.6. The van der Waals surface area contributed by atoms with E-state index in [0.717, 1.165) is 23.1 Å².